The molecular weight excluding hydrogens is 308 g/mol. The number of benzene rings is 1. The summed E-state index contributed by atoms with van der Waals surface area (Å²) in [6.07, 6.45) is 5.51. The Hall–Kier alpha value is -2.14. The first-order chi connectivity index (χ1) is 11.2. The number of carbonyl (C=O) groups excluding carboxylic acids is 1. The normalized spacial score (nSPS) is 14.0. The number of carbonyl (C=O) groups is 1. The maximum absolute atomic E-state index is 11.8. The quantitative estimate of drug-likeness (QED) is 0.681. The van der Waals surface area contributed by atoms with Gasteiger partial charge in [-0.3, -0.25) is 9.20 Å². The van der Waals surface area contributed by atoms with Crippen molar-refractivity contribution in [2.24, 2.45) is 0 Å². The number of rotatable bonds is 3. The lowest BCUT2D eigenvalue weighted by Gasteiger charge is -2.11. The Kier molecular flexibility index (Phi) is 3.45. The molecule has 1 aliphatic carbocycles. The minimum absolute atomic E-state index is 0.670. The molecule has 0 N–H and O–H groups in total. The van der Waals surface area contributed by atoms with Gasteiger partial charge in [0.15, 0.2) is 11.2 Å². The van der Waals surface area contributed by atoms with Crippen LogP contribution >= 0.6 is 11.3 Å². The lowest BCUT2D eigenvalue weighted by Crippen LogP contribution is -2.05. The summed E-state index contributed by atoms with van der Waals surface area (Å²) in [5.74, 6) is 0.847. The molecule has 0 unspecified atom stereocenters. The van der Waals surface area contributed by atoms with E-state index in [0.29, 0.717) is 5.69 Å². The molecule has 1 aromatic carbocycles. The number of aldehydes is 1. The Balaban J connectivity index is 1.92. The van der Waals surface area contributed by atoms with Crippen LogP contribution in [-0.4, -0.2) is 22.8 Å². The van der Waals surface area contributed by atoms with Crippen molar-refractivity contribution >= 4 is 22.6 Å². The summed E-state index contributed by atoms with van der Waals surface area (Å²) in [6, 6.07) is 5.94. The average Bonchev–Trinajstić information content (AvgIpc) is 3.10. The largest absolute Gasteiger partial charge is 0.496 e. The predicted molar refractivity (Wildman–Crippen MR) is 91.8 cm³/mol. The van der Waals surface area contributed by atoms with Crippen molar-refractivity contribution in [3.8, 4) is 17.0 Å². The zero-order valence-electron chi connectivity index (χ0n) is 13.3. The van der Waals surface area contributed by atoms with E-state index in [2.05, 4.69) is 4.40 Å². The van der Waals surface area contributed by atoms with Crippen molar-refractivity contribution in [2.45, 2.75) is 32.6 Å². The Labute approximate surface area is 138 Å². The Bertz CT molecular complexity index is 908. The highest BCUT2D eigenvalue weighted by molar-refractivity contribution is 7.17. The standard InChI is InChI=1S/C18H18N2O2S/c1-11-9-12(7-8-15(11)22-2)17-14(10-21)20-13-5-3-4-6-16(13)23-18(20)19-17/h7-10H,3-6H2,1-2H3. The minimum Gasteiger partial charge on any atom is -0.496 e. The molecule has 1 aliphatic rings. The second-order valence-electron chi connectivity index (χ2n) is 5.94. The molecule has 3 aromatic rings. The molecule has 0 bridgehead atoms. The van der Waals surface area contributed by atoms with Crippen molar-refractivity contribution < 1.29 is 9.53 Å². The van der Waals surface area contributed by atoms with Gasteiger partial charge in [0.05, 0.1) is 7.11 Å². The van der Waals surface area contributed by atoms with Crippen molar-refractivity contribution in [1.82, 2.24) is 9.38 Å². The molecule has 0 amide bonds. The zero-order valence-corrected chi connectivity index (χ0v) is 14.1. The van der Waals surface area contributed by atoms with Crippen molar-refractivity contribution in [3.63, 3.8) is 0 Å². The van der Waals surface area contributed by atoms with E-state index >= 15 is 0 Å². The Morgan fingerprint density at radius 3 is 2.87 bits per heavy atom. The molecule has 0 fully saturated rings. The highest BCUT2D eigenvalue weighted by Crippen LogP contribution is 2.35. The molecule has 0 radical (unpaired) electrons. The fourth-order valence-electron chi connectivity index (χ4n) is 3.41. The van der Waals surface area contributed by atoms with Gasteiger partial charge in [-0.15, -0.1) is 11.3 Å². The fraction of sp³-hybridized carbons (Fsp3) is 0.333. The summed E-state index contributed by atoms with van der Waals surface area (Å²) < 4.78 is 7.39. The van der Waals surface area contributed by atoms with Crippen LogP contribution in [0.2, 0.25) is 0 Å². The number of fused-ring (bicyclic) bond motifs is 3. The van der Waals surface area contributed by atoms with E-state index in [9.17, 15) is 4.79 Å². The second kappa shape index (κ2) is 5.49. The summed E-state index contributed by atoms with van der Waals surface area (Å²) in [7, 11) is 1.66. The monoisotopic (exact) mass is 326 g/mol. The summed E-state index contributed by atoms with van der Waals surface area (Å²) in [5, 5.41) is 0. The van der Waals surface area contributed by atoms with E-state index in [0.717, 1.165) is 46.7 Å². The number of methoxy groups -OCH3 is 1. The van der Waals surface area contributed by atoms with Crippen LogP contribution in [0, 0.1) is 6.92 Å². The van der Waals surface area contributed by atoms with Crippen molar-refractivity contribution in [1.29, 1.82) is 0 Å². The van der Waals surface area contributed by atoms with E-state index in [-0.39, 0.29) is 0 Å². The van der Waals surface area contributed by atoms with Crippen LogP contribution in [0.15, 0.2) is 18.2 Å². The highest BCUT2D eigenvalue weighted by atomic mass is 32.1. The molecule has 2 aromatic heterocycles. The second-order valence-corrected chi connectivity index (χ2v) is 7.01. The number of nitrogens with zero attached hydrogens (tertiary/aromatic N) is 2. The van der Waals surface area contributed by atoms with Crippen LogP contribution in [0.4, 0.5) is 0 Å². The van der Waals surface area contributed by atoms with Crippen LogP contribution in [-0.2, 0) is 12.8 Å². The molecule has 2 heterocycles. The molecule has 0 aliphatic heterocycles. The van der Waals surface area contributed by atoms with Gasteiger partial charge in [-0.05, 0) is 56.4 Å². The number of thiazole rings is 1. The van der Waals surface area contributed by atoms with Crippen LogP contribution in [0.3, 0.4) is 0 Å². The molecule has 0 saturated heterocycles. The van der Waals surface area contributed by atoms with E-state index < -0.39 is 0 Å². The smallest absolute Gasteiger partial charge is 0.195 e. The summed E-state index contributed by atoms with van der Waals surface area (Å²) >= 11 is 1.72. The summed E-state index contributed by atoms with van der Waals surface area (Å²) in [5.41, 5.74) is 4.72. The average molecular weight is 326 g/mol. The first-order valence-corrected chi connectivity index (χ1v) is 8.67. The number of hydrogen-bond acceptors (Lipinski definition) is 4. The first kappa shape index (κ1) is 14.5. The maximum Gasteiger partial charge on any atom is 0.195 e. The molecule has 4 rings (SSSR count). The zero-order chi connectivity index (χ0) is 16.0. The van der Waals surface area contributed by atoms with E-state index in [1.165, 1.54) is 23.4 Å². The number of imidazole rings is 1. The van der Waals surface area contributed by atoms with Gasteiger partial charge in [-0.25, -0.2) is 4.98 Å². The fourth-order valence-corrected chi connectivity index (χ4v) is 4.62. The van der Waals surface area contributed by atoms with Gasteiger partial charge in [0.1, 0.15) is 17.1 Å². The SMILES string of the molecule is COc1ccc(-c2nc3sc4c(n3c2C=O)CCCC4)cc1C. The molecule has 5 heteroatoms. The topological polar surface area (TPSA) is 43.6 Å². The van der Waals surface area contributed by atoms with Crippen LogP contribution in [0.25, 0.3) is 16.2 Å². The van der Waals surface area contributed by atoms with Crippen molar-refractivity contribution in [2.75, 3.05) is 7.11 Å². The molecular formula is C18H18N2O2S. The lowest BCUT2D eigenvalue weighted by atomic mass is 10.0. The van der Waals surface area contributed by atoms with Crippen LogP contribution in [0.5, 0.6) is 5.75 Å². The molecule has 118 valence electrons. The molecule has 0 saturated carbocycles. The third kappa shape index (κ3) is 2.18. The van der Waals surface area contributed by atoms with E-state index in [1.807, 2.05) is 25.1 Å². The van der Waals surface area contributed by atoms with Gasteiger partial charge in [-0.2, -0.15) is 0 Å². The van der Waals surface area contributed by atoms with Gasteiger partial charge in [0, 0.05) is 16.1 Å². The van der Waals surface area contributed by atoms with Gasteiger partial charge >= 0.3 is 0 Å². The lowest BCUT2D eigenvalue weighted by molar-refractivity contribution is 0.111. The van der Waals surface area contributed by atoms with Gasteiger partial charge in [0.25, 0.3) is 0 Å². The summed E-state index contributed by atoms with van der Waals surface area (Å²) in [4.78, 5) is 18.9. The molecule has 0 spiro atoms. The predicted octanol–water partition coefficient (Wildman–Crippen LogP) is 4.07. The number of hydrogen-bond donors (Lipinski definition) is 0. The molecule has 4 nitrogen and oxygen atoms in total. The summed E-state index contributed by atoms with van der Waals surface area (Å²) in [6.45, 7) is 2.00. The van der Waals surface area contributed by atoms with E-state index in [1.54, 1.807) is 18.4 Å². The highest BCUT2D eigenvalue weighted by Gasteiger charge is 2.23. The number of aromatic nitrogens is 2. The molecule has 0 atom stereocenters. The third-order valence-electron chi connectivity index (χ3n) is 4.54. The van der Waals surface area contributed by atoms with Gasteiger partial charge in [0.2, 0.25) is 0 Å². The third-order valence-corrected chi connectivity index (χ3v) is 5.68. The number of aryl methyl sites for hydroxylation is 3. The number of ether oxygens (including phenoxy) is 1. The maximum atomic E-state index is 11.8. The molecule has 23 heavy (non-hydrogen) atoms. The van der Waals surface area contributed by atoms with Gasteiger partial charge < -0.3 is 4.74 Å². The minimum atomic E-state index is 0.670. The Morgan fingerprint density at radius 2 is 2.13 bits per heavy atom. The first-order valence-electron chi connectivity index (χ1n) is 7.86. The van der Waals surface area contributed by atoms with Crippen LogP contribution < -0.4 is 4.74 Å². The van der Waals surface area contributed by atoms with E-state index in [4.69, 9.17) is 9.72 Å². The van der Waals surface area contributed by atoms with Crippen molar-refractivity contribution in [3.05, 3.63) is 40.0 Å². The van der Waals surface area contributed by atoms with Crippen LogP contribution in [0.1, 0.15) is 39.5 Å². The van der Waals surface area contributed by atoms with Gasteiger partial charge in [-0.1, -0.05) is 0 Å². The Morgan fingerprint density at radius 1 is 1.30 bits per heavy atom.